The van der Waals surface area contributed by atoms with Gasteiger partial charge in [-0.05, 0) is 19.3 Å². The van der Waals surface area contributed by atoms with E-state index in [1.807, 2.05) is 0 Å². The summed E-state index contributed by atoms with van der Waals surface area (Å²) in [7, 11) is 0. The molecule has 1 fully saturated rings. The van der Waals surface area contributed by atoms with Crippen LogP contribution in [0.4, 0.5) is 5.82 Å². The molecule has 3 heteroatoms. The predicted octanol–water partition coefficient (Wildman–Crippen LogP) is 2.99. The molecule has 84 valence electrons. The van der Waals surface area contributed by atoms with Crippen LogP contribution in [0.2, 0.25) is 0 Å². The molecular formula is C12H21N3. The monoisotopic (exact) mass is 207 g/mol. The second-order valence-corrected chi connectivity index (χ2v) is 4.59. The Kier molecular flexibility index (Phi) is 3.29. The van der Waals surface area contributed by atoms with Crippen molar-refractivity contribution in [2.75, 3.05) is 5.73 Å². The van der Waals surface area contributed by atoms with Gasteiger partial charge < -0.3 is 5.73 Å². The summed E-state index contributed by atoms with van der Waals surface area (Å²) in [6.07, 6.45) is 8.92. The molecule has 1 aliphatic carbocycles. The van der Waals surface area contributed by atoms with E-state index in [4.69, 9.17) is 5.73 Å². The molecule has 15 heavy (non-hydrogen) atoms. The lowest BCUT2D eigenvalue weighted by atomic mass is 9.85. The smallest absolute Gasteiger partial charge is 0.148 e. The summed E-state index contributed by atoms with van der Waals surface area (Å²) >= 11 is 0. The number of hydrogen-bond acceptors (Lipinski definition) is 2. The van der Waals surface area contributed by atoms with Gasteiger partial charge in [-0.2, -0.15) is 5.10 Å². The highest BCUT2D eigenvalue weighted by Gasteiger charge is 2.21. The summed E-state index contributed by atoms with van der Waals surface area (Å²) in [6, 6.07) is 0. The second-order valence-electron chi connectivity index (χ2n) is 4.59. The third kappa shape index (κ3) is 2.16. The molecule has 0 atom stereocenters. The number of nitrogen functional groups attached to an aromatic ring is 1. The fourth-order valence-corrected chi connectivity index (χ4v) is 2.64. The lowest BCUT2D eigenvalue weighted by Crippen LogP contribution is -2.07. The first-order chi connectivity index (χ1) is 7.33. The lowest BCUT2D eigenvalue weighted by Gasteiger charge is -2.21. The van der Waals surface area contributed by atoms with Gasteiger partial charge in [0.05, 0.1) is 0 Å². The Balaban J connectivity index is 2.18. The van der Waals surface area contributed by atoms with Gasteiger partial charge in [0.2, 0.25) is 0 Å². The second kappa shape index (κ2) is 4.69. The number of hydrogen-bond donors (Lipinski definition) is 2. The highest BCUT2D eigenvalue weighted by Crippen LogP contribution is 2.34. The molecule has 1 saturated carbocycles. The number of H-pyrrole nitrogens is 1. The van der Waals surface area contributed by atoms with Gasteiger partial charge in [0, 0.05) is 17.2 Å². The molecule has 0 saturated heterocycles. The van der Waals surface area contributed by atoms with E-state index in [0.29, 0.717) is 5.92 Å². The Morgan fingerprint density at radius 3 is 2.73 bits per heavy atom. The van der Waals surface area contributed by atoms with Crippen LogP contribution in [0, 0.1) is 0 Å². The number of aromatic amines is 1. The molecule has 0 radical (unpaired) electrons. The zero-order valence-corrected chi connectivity index (χ0v) is 9.55. The minimum absolute atomic E-state index is 0.685. The van der Waals surface area contributed by atoms with Crippen LogP contribution in [0.25, 0.3) is 0 Å². The van der Waals surface area contributed by atoms with Crippen molar-refractivity contribution in [3.05, 3.63) is 11.3 Å². The Labute approximate surface area is 91.4 Å². The van der Waals surface area contributed by atoms with Gasteiger partial charge in [0.15, 0.2) is 0 Å². The number of anilines is 1. The molecule has 3 N–H and O–H groups in total. The van der Waals surface area contributed by atoms with Gasteiger partial charge in [-0.15, -0.1) is 0 Å². The molecule has 0 aromatic carbocycles. The first kappa shape index (κ1) is 10.5. The molecule has 1 aromatic heterocycles. The molecule has 0 bridgehead atoms. The van der Waals surface area contributed by atoms with Crippen LogP contribution in [0.3, 0.4) is 0 Å². The van der Waals surface area contributed by atoms with Gasteiger partial charge in [0.25, 0.3) is 0 Å². The quantitative estimate of drug-likeness (QED) is 0.800. The fourth-order valence-electron chi connectivity index (χ4n) is 2.64. The standard InChI is InChI=1S/C12H21N3/c1-2-6-10-11(14-15-12(10)13)9-7-4-3-5-8-9/h9H,2-8H2,1H3,(H3,13,14,15). The molecule has 0 spiro atoms. The Morgan fingerprint density at radius 1 is 1.33 bits per heavy atom. The van der Waals surface area contributed by atoms with Gasteiger partial charge in [0.1, 0.15) is 5.82 Å². The summed E-state index contributed by atoms with van der Waals surface area (Å²) < 4.78 is 0. The summed E-state index contributed by atoms with van der Waals surface area (Å²) in [5, 5.41) is 7.32. The topological polar surface area (TPSA) is 54.7 Å². The first-order valence-corrected chi connectivity index (χ1v) is 6.15. The highest BCUT2D eigenvalue weighted by atomic mass is 15.2. The normalized spacial score (nSPS) is 18.2. The minimum atomic E-state index is 0.685. The SMILES string of the molecule is CCCc1c(N)n[nH]c1C1CCCCC1. The van der Waals surface area contributed by atoms with Gasteiger partial charge in [-0.1, -0.05) is 32.6 Å². The van der Waals surface area contributed by atoms with Crippen molar-refractivity contribution < 1.29 is 0 Å². The van der Waals surface area contributed by atoms with E-state index in [9.17, 15) is 0 Å². The Bertz CT molecular complexity index is 311. The molecule has 1 heterocycles. The maximum atomic E-state index is 5.89. The number of nitrogens with one attached hydrogen (secondary N) is 1. The summed E-state index contributed by atoms with van der Waals surface area (Å²) in [5.41, 5.74) is 8.50. The van der Waals surface area contributed by atoms with Crippen molar-refractivity contribution in [3.63, 3.8) is 0 Å². The van der Waals surface area contributed by atoms with E-state index >= 15 is 0 Å². The van der Waals surface area contributed by atoms with Crippen molar-refractivity contribution in [2.45, 2.75) is 57.8 Å². The average molecular weight is 207 g/mol. The molecule has 0 aliphatic heterocycles. The maximum absolute atomic E-state index is 5.89. The van der Waals surface area contributed by atoms with E-state index in [1.54, 1.807) is 0 Å². The van der Waals surface area contributed by atoms with Crippen LogP contribution in [0.5, 0.6) is 0 Å². The van der Waals surface area contributed by atoms with Crippen LogP contribution in [0.1, 0.15) is 62.6 Å². The van der Waals surface area contributed by atoms with E-state index < -0.39 is 0 Å². The van der Waals surface area contributed by atoms with Gasteiger partial charge in [-0.25, -0.2) is 0 Å². The van der Waals surface area contributed by atoms with Crippen LogP contribution < -0.4 is 5.73 Å². The summed E-state index contributed by atoms with van der Waals surface area (Å²) in [5.74, 6) is 1.41. The third-order valence-corrected chi connectivity index (χ3v) is 3.44. The van der Waals surface area contributed by atoms with Crippen molar-refractivity contribution in [3.8, 4) is 0 Å². The van der Waals surface area contributed by atoms with Crippen LogP contribution in [-0.2, 0) is 6.42 Å². The Morgan fingerprint density at radius 2 is 2.07 bits per heavy atom. The van der Waals surface area contributed by atoms with Crippen LogP contribution >= 0.6 is 0 Å². The van der Waals surface area contributed by atoms with E-state index in [0.717, 1.165) is 18.7 Å². The molecule has 0 amide bonds. The van der Waals surface area contributed by atoms with Crippen molar-refractivity contribution in [1.82, 2.24) is 10.2 Å². The summed E-state index contributed by atoms with van der Waals surface area (Å²) in [4.78, 5) is 0. The third-order valence-electron chi connectivity index (χ3n) is 3.44. The highest BCUT2D eigenvalue weighted by molar-refractivity contribution is 5.43. The summed E-state index contributed by atoms with van der Waals surface area (Å²) in [6.45, 7) is 2.19. The number of aromatic nitrogens is 2. The molecule has 0 unspecified atom stereocenters. The molecule has 1 aromatic rings. The van der Waals surface area contributed by atoms with Gasteiger partial charge in [-0.3, -0.25) is 5.10 Å². The van der Waals surface area contributed by atoms with Crippen LogP contribution in [-0.4, -0.2) is 10.2 Å². The molecule has 2 rings (SSSR count). The molecular weight excluding hydrogens is 186 g/mol. The predicted molar refractivity (Wildman–Crippen MR) is 62.8 cm³/mol. The van der Waals surface area contributed by atoms with Crippen LogP contribution in [0.15, 0.2) is 0 Å². The fraction of sp³-hybridized carbons (Fsp3) is 0.750. The maximum Gasteiger partial charge on any atom is 0.148 e. The lowest BCUT2D eigenvalue weighted by molar-refractivity contribution is 0.434. The van der Waals surface area contributed by atoms with E-state index in [1.165, 1.54) is 43.4 Å². The minimum Gasteiger partial charge on any atom is -0.382 e. The number of nitrogens with two attached hydrogens (primary N) is 1. The molecule has 1 aliphatic rings. The zero-order valence-electron chi connectivity index (χ0n) is 9.55. The number of nitrogens with zero attached hydrogens (tertiary/aromatic N) is 1. The molecule has 3 nitrogen and oxygen atoms in total. The van der Waals surface area contributed by atoms with E-state index in [-0.39, 0.29) is 0 Å². The van der Waals surface area contributed by atoms with E-state index in [2.05, 4.69) is 17.1 Å². The van der Waals surface area contributed by atoms with Crippen molar-refractivity contribution in [1.29, 1.82) is 0 Å². The van der Waals surface area contributed by atoms with Gasteiger partial charge >= 0.3 is 0 Å². The first-order valence-electron chi connectivity index (χ1n) is 6.15. The Hall–Kier alpha value is -0.990. The van der Waals surface area contributed by atoms with Crippen molar-refractivity contribution in [2.24, 2.45) is 0 Å². The van der Waals surface area contributed by atoms with Crippen molar-refractivity contribution >= 4 is 5.82 Å². The number of rotatable bonds is 3. The largest absolute Gasteiger partial charge is 0.382 e. The zero-order chi connectivity index (χ0) is 10.7. The average Bonchev–Trinajstić information content (AvgIpc) is 2.63.